The molecule has 2 aliphatic heterocycles. The lowest BCUT2D eigenvalue weighted by Crippen LogP contribution is -2.61. The second-order valence-corrected chi connectivity index (χ2v) is 10.3. The number of halogens is 1. The van der Waals surface area contributed by atoms with E-state index in [-0.39, 0.29) is 5.54 Å². The van der Waals surface area contributed by atoms with Crippen molar-refractivity contribution in [3.8, 4) is 5.75 Å². The number of anilines is 2. The molecular formula is C23H25ClN4O3S. The van der Waals surface area contributed by atoms with Crippen LogP contribution in [0.5, 0.6) is 5.75 Å². The van der Waals surface area contributed by atoms with Crippen LogP contribution < -0.4 is 20.7 Å². The van der Waals surface area contributed by atoms with Crippen LogP contribution in [0.4, 0.5) is 11.5 Å². The Labute approximate surface area is 194 Å². The Morgan fingerprint density at radius 2 is 2.12 bits per heavy atom. The summed E-state index contributed by atoms with van der Waals surface area (Å²) in [6.45, 7) is 2.91. The van der Waals surface area contributed by atoms with Gasteiger partial charge in [-0.05, 0) is 35.9 Å². The van der Waals surface area contributed by atoms with Crippen molar-refractivity contribution in [2.75, 3.05) is 49.4 Å². The lowest BCUT2D eigenvalue weighted by Gasteiger charge is -2.38. The van der Waals surface area contributed by atoms with Crippen molar-refractivity contribution in [2.45, 2.75) is 17.0 Å². The van der Waals surface area contributed by atoms with E-state index < -0.39 is 10.8 Å². The molecule has 1 aromatic heterocycles. The SMILES string of the molecule is COc1ccc2c(c1)S(=O)CCN(c1cc(NCC3(N)COC3)c3cc(Cl)ccc3n1)C2. The van der Waals surface area contributed by atoms with Gasteiger partial charge in [0.1, 0.15) is 11.6 Å². The minimum atomic E-state index is -1.10. The molecule has 0 spiro atoms. The Balaban J connectivity index is 1.51. The molecule has 3 heterocycles. The first-order valence-electron chi connectivity index (χ1n) is 10.5. The van der Waals surface area contributed by atoms with Crippen LogP contribution in [0.15, 0.2) is 47.4 Å². The van der Waals surface area contributed by atoms with E-state index in [0.717, 1.165) is 32.9 Å². The van der Waals surface area contributed by atoms with E-state index in [1.54, 1.807) is 7.11 Å². The lowest BCUT2D eigenvalue weighted by atomic mass is 9.99. The van der Waals surface area contributed by atoms with E-state index >= 15 is 0 Å². The van der Waals surface area contributed by atoms with Gasteiger partial charge in [-0.1, -0.05) is 17.7 Å². The fourth-order valence-corrected chi connectivity index (χ4v) is 5.47. The fraction of sp³-hybridized carbons (Fsp3) is 0.348. The molecule has 0 saturated carbocycles. The van der Waals surface area contributed by atoms with Crippen LogP contribution in [0.25, 0.3) is 10.9 Å². The number of nitrogens with zero attached hydrogens (tertiary/aromatic N) is 2. The van der Waals surface area contributed by atoms with Crippen LogP contribution in [0.1, 0.15) is 5.56 Å². The normalized spacial score (nSPS) is 19.7. The van der Waals surface area contributed by atoms with Gasteiger partial charge < -0.3 is 25.4 Å². The van der Waals surface area contributed by atoms with Crippen molar-refractivity contribution in [1.29, 1.82) is 0 Å². The number of hydrogen-bond donors (Lipinski definition) is 2. The highest BCUT2D eigenvalue weighted by Gasteiger charge is 2.34. The Morgan fingerprint density at radius 3 is 2.88 bits per heavy atom. The number of ether oxygens (including phenoxy) is 2. The highest BCUT2D eigenvalue weighted by Crippen LogP contribution is 2.33. The molecule has 3 aromatic rings. The molecular weight excluding hydrogens is 448 g/mol. The zero-order valence-corrected chi connectivity index (χ0v) is 19.3. The molecule has 0 bridgehead atoms. The molecule has 0 radical (unpaired) electrons. The average molecular weight is 473 g/mol. The second kappa shape index (κ2) is 8.51. The number of aromatic nitrogens is 1. The largest absolute Gasteiger partial charge is 0.497 e. The maximum absolute atomic E-state index is 12.9. The summed E-state index contributed by atoms with van der Waals surface area (Å²) in [5, 5.41) is 5.08. The summed E-state index contributed by atoms with van der Waals surface area (Å²) in [7, 11) is 0.523. The summed E-state index contributed by atoms with van der Waals surface area (Å²) >= 11 is 6.27. The highest BCUT2D eigenvalue weighted by molar-refractivity contribution is 7.85. The van der Waals surface area contributed by atoms with E-state index in [1.165, 1.54) is 0 Å². The van der Waals surface area contributed by atoms with E-state index in [4.69, 9.17) is 31.8 Å². The van der Waals surface area contributed by atoms with Crippen molar-refractivity contribution in [1.82, 2.24) is 4.98 Å². The van der Waals surface area contributed by atoms with Crippen LogP contribution in [0.2, 0.25) is 5.02 Å². The number of pyridine rings is 1. The van der Waals surface area contributed by atoms with Gasteiger partial charge in [-0.25, -0.2) is 4.98 Å². The Kier molecular flexibility index (Phi) is 5.71. The third-order valence-electron chi connectivity index (χ3n) is 5.92. The summed E-state index contributed by atoms with van der Waals surface area (Å²) in [6.07, 6.45) is 0. The molecule has 5 rings (SSSR count). The second-order valence-electron chi connectivity index (χ2n) is 8.34. The van der Waals surface area contributed by atoms with Gasteiger partial charge in [-0.3, -0.25) is 4.21 Å². The summed E-state index contributed by atoms with van der Waals surface area (Å²) in [4.78, 5) is 7.89. The van der Waals surface area contributed by atoms with Gasteiger partial charge in [-0.2, -0.15) is 0 Å². The van der Waals surface area contributed by atoms with Gasteiger partial charge in [0.2, 0.25) is 0 Å². The quantitative estimate of drug-likeness (QED) is 0.589. The Hall–Kier alpha value is -2.39. The first kappa shape index (κ1) is 21.5. The molecule has 2 aromatic carbocycles. The molecule has 1 atom stereocenters. The molecule has 9 heteroatoms. The van der Waals surface area contributed by atoms with Crippen LogP contribution in [-0.2, 0) is 22.1 Å². The van der Waals surface area contributed by atoms with E-state index in [2.05, 4.69) is 10.2 Å². The van der Waals surface area contributed by atoms with Gasteiger partial charge in [0.05, 0.1) is 42.2 Å². The van der Waals surface area contributed by atoms with Crippen molar-refractivity contribution in [3.63, 3.8) is 0 Å². The van der Waals surface area contributed by atoms with Gasteiger partial charge in [0, 0.05) is 52.4 Å². The van der Waals surface area contributed by atoms with Crippen LogP contribution in [0, 0.1) is 0 Å². The standard InChI is InChI=1S/C23H25ClN4O3S/c1-30-17-4-2-15-11-28(6-7-32(29)21(15)9-17)22-10-20(26-12-23(25)13-31-14-23)18-8-16(24)3-5-19(18)27-22/h2-5,8-10H,6-7,11-14,25H2,1H3,(H,26,27). The maximum Gasteiger partial charge on any atom is 0.131 e. The summed E-state index contributed by atoms with van der Waals surface area (Å²) in [5.74, 6) is 2.05. The lowest BCUT2D eigenvalue weighted by molar-refractivity contribution is -0.0461. The van der Waals surface area contributed by atoms with Gasteiger partial charge in [0.25, 0.3) is 0 Å². The topological polar surface area (TPSA) is 89.7 Å². The summed E-state index contributed by atoms with van der Waals surface area (Å²) in [6, 6.07) is 13.5. The van der Waals surface area contributed by atoms with Crippen molar-refractivity contribution < 1.29 is 13.7 Å². The van der Waals surface area contributed by atoms with Crippen LogP contribution in [-0.4, -0.2) is 53.9 Å². The molecule has 0 aliphatic carbocycles. The molecule has 2 aliphatic rings. The molecule has 32 heavy (non-hydrogen) atoms. The van der Waals surface area contributed by atoms with E-state index in [9.17, 15) is 4.21 Å². The van der Waals surface area contributed by atoms with Gasteiger partial charge in [0.15, 0.2) is 0 Å². The monoisotopic (exact) mass is 472 g/mol. The third kappa shape index (κ3) is 4.15. The highest BCUT2D eigenvalue weighted by atomic mass is 35.5. The minimum absolute atomic E-state index is 0.369. The Bertz CT molecular complexity index is 1200. The van der Waals surface area contributed by atoms with Crippen molar-refractivity contribution in [3.05, 3.63) is 53.1 Å². The number of methoxy groups -OCH3 is 1. The first-order chi connectivity index (χ1) is 15.4. The predicted molar refractivity (Wildman–Crippen MR) is 128 cm³/mol. The van der Waals surface area contributed by atoms with Crippen molar-refractivity contribution >= 4 is 44.8 Å². The van der Waals surface area contributed by atoms with Crippen LogP contribution in [0.3, 0.4) is 0 Å². The molecule has 0 amide bonds. The Morgan fingerprint density at radius 1 is 1.28 bits per heavy atom. The number of nitrogens with two attached hydrogens (primary N) is 1. The molecule has 168 valence electrons. The zero-order valence-electron chi connectivity index (χ0n) is 17.8. The maximum atomic E-state index is 12.9. The molecule has 1 unspecified atom stereocenters. The smallest absolute Gasteiger partial charge is 0.131 e. The molecule has 3 N–H and O–H groups in total. The molecule has 1 fully saturated rings. The summed E-state index contributed by atoms with van der Waals surface area (Å²) in [5.41, 5.74) is 8.74. The summed E-state index contributed by atoms with van der Waals surface area (Å²) < 4.78 is 23.5. The average Bonchev–Trinajstić information content (AvgIpc) is 2.94. The number of hydrogen-bond acceptors (Lipinski definition) is 7. The minimum Gasteiger partial charge on any atom is -0.497 e. The van der Waals surface area contributed by atoms with Crippen molar-refractivity contribution in [2.24, 2.45) is 5.73 Å². The van der Waals surface area contributed by atoms with Gasteiger partial charge >= 0.3 is 0 Å². The fourth-order valence-electron chi connectivity index (χ4n) is 4.02. The van der Waals surface area contributed by atoms with E-state index in [0.29, 0.717) is 49.4 Å². The zero-order chi connectivity index (χ0) is 22.3. The first-order valence-corrected chi connectivity index (χ1v) is 12.1. The predicted octanol–water partition coefficient (Wildman–Crippen LogP) is 3.16. The number of rotatable bonds is 5. The van der Waals surface area contributed by atoms with E-state index in [1.807, 2.05) is 42.5 Å². The third-order valence-corrected chi connectivity index (χ3v) is 7.58. The number of fused-ring (bicyclic) bond motifs is 2. The van der Waals surface area contributed by atoms with Crippen LogP contribution >= 0.6 is 11.6 Å². The van der Waals surface area contributed by atoms with Gasteiger partial charge in [-0.15, -0.1) is 0 Å². The number of nitrogens with one attached hydrogen (secondary N) is 1. The number of benzene rings is 2. The molecule has 7 nitrogen and oxygen atoms in total. The molecule has 1 saturated heterocycles.